The van der Waals surface area contributed by atoms with Crippen LogP contribution in [0.4, 0.5) is 5.69 Å². The monoisotopic (exact) mass is 360 g/mol. The molecular weight excluding hydrogens is 340 g/mol. The molecule has 5 nitrogen and oxygen atoms in total. The number of ketones is 1. The highest BCUT2D eigenvalue weighted by Gasteiger charge is 2.26. The van der Waals surface area contributed by atoms with Crippen molar-refractivity contribution >= 4 is 17.4 Å². The third-order valence-corrected chi connectivity index (χ3v) is 4.76. The standard InChI is InChI=1S/C22H20N2O3/c1-14-20-18(8-5-9-19(20)25)24-21(14)22(26)23-15-10-12-17(13-11-15)27-16-6-3-2-4-7-16/h2-4,6-7,10-13,24H,5,8-9H2,1H3,(H,23,26). The van der Waals surface area contributed by atoms with Crippen molar-refractivity contribution in [2.24, 2.45) is 0 Å². The summed E-state index contributed by atoms with van der Waals surface area (Å²) >= 11 is 0. The number of amides is 1. The van der Waals surface area contributed by atoms with Gasteiger partial charge in [0.15, 0.2) is 5.78 Å². The first-order chi connectivity index (χ1) is 13.1. The topological polar surface area (TPSA) is 71.2 Å². The summed E-state index contributed by atoms with van der Waals surface area (Å²) in [6.45, 7) is 1.82. The Balaban J connectivity index is 1.48. The number of nitrogens with one attached hydrogen (secondary N) is 2. The molecule has 0 atom stereocenters. The first-order valence-electron chi connectivity index (χ1n) is 9.01. The molecule has 1 amide bonds. The Morgan fingerprint density at radius 1 is 1.00 bits per heavy atom. The number of aryl methyl sites for hydroxylation is 1. The Labute approximate surface area is 157 Å². The van der Waals surface area contributed by atoms with Crippen molar-refractivity contribution in [3.63, 3.8) is 0 Å². The smallest absolute Gasteiger partial charge is 0.272 e. The van der Waals surface area contributed by atoms with Crippen molar-refractivity contribution in [2.45, 2.75) is 26.2 Å². The first-order valence-corrected chi connectivity index (χ1v) is 9.01. The van der Waals surface area contributed by atoms with Crippen LogP contribution >= 0.6 is 0 Å². The fourth-order valence-corrected chi connectivity index (χ4v) is 3.43. The molecular formula is C22H20N2O3. The number of para-hydroxylation sites is 1. The molecule has 0 bridgehead atoms. The molecule has 2 aromatic carbocycles. The van der Waals surface area contributed by atoms with Gasteiger partial charge in [-0.2, -0.15) is 0 Å². The SMILES string of the molecule is Cc1c(C(=O)Nc2ccc(Oc3ccccc3)cc2)[nH]c2c1C(=O)CCC2. The van der Waals surface area contributed by atoms with E-state index in [0.717, 1.165) is 29.8 Å². The van der Waals surface area contributed by atoms with Gasteiger partial charge in [0.25, 0.3) is 5.91 Å². The minimum absolute atomic E-state index is 0.117. The van der Waals surface area contributed by atoms with Gasteiger partial charge in [-0.1, -0.05) is 18.2 Å². The number of hydrogen-bond acceptors (Lipinski definition) is 3. The molecule has 0 fully saturated rings. The number of aromatic nitrogens is 1. The molecule has 1 heterocycles. The van der Waals surface area contributed by atoms with E-state index in [0.29, 0.717) is 29.1 Å². The summed E-state index contributed by atoms with van der Waals surface area (Å²) < 4.78 is 5.75. The van der Waals surface area contributed by atoms with Crippen LogP contribution in [0.2, 0.25) is 0 Å². The lowest BCUT2D eigenvalue weighted by Gasteiger charge is -2.09. The van der Waals surface area contributed by atoms with E-state index >= 15 is 0 Å². The molecule has 0 spiro atoms. The van der Waals surface area contributed by atoms with Crippen LogP contribution in [-0.2, 0) is 6.42 Å². The molecule has 0 saturated heterocycles. The van der Waals surface area contributed by atoms with Crippen molar-refractivity contribution in [1.29, 1.82) is 0 Å². The van der Waals surface area contributed by atoms with Gasteiger partial charge in [-0.25, -0.2) is 0 Å². The lowest BCUT2D eigenvalue weighted by atomic mass is 9.94. The second-order valence-corrected chi connectivity index (χ2v) is 6.65. The largest absolute Gasteiger partial charge is 0.457 e. The zero-order valence-electron chi connectivity index (χ0n) is 15.0. The summed E-state index contributed by atoms with van der Waals surface area (Å²) in [5.74, 6) is 1.32. The number of anilines is 1. The number of Topliss-reactive ketones (excluding diaryl/α,β-unsaturated/α-hetero) is 1. The molecule has 0 saturated carbocycles. The number of H-pyrrole nitrogens is 1. The van der Waals surface area contributed by atoms with E-state index in [1.807, 2.05) is 37.3 Å². The number of benzene rings is 2. The van der Waals surface area contributed by atoms with Gasteiger partial charge in [-0.15, -0.1) is 0 Å². The van der Waals surface area contributed by atoms with Gasteiger partial charge >= 0.3 is 0 Å². The van der Waals surface area contributed by atoms with Gasteiger partial charge in [0.2, 0.25) is 0 Å². The highest BCUT2D eigenvalue weighted by Crippen LogP contribution is 2.27. The Kier molecular flexibility index (Phi) is 4.50. The maximum atomic E-state index is 12.7. The van der Waals surface area contributed by atoms with E-state index in [1.165, 1.54) is 0 Å². The van der Waals surface area contributed by atoms with Crippen LogP contribution in [0.1, 0.15) is 44.9 Å². The zero-order chi connectivity index (χ0) is 18.8. The number of hydrogen-bond donors (Lipinski definition) is 2. The predicted molar refractivity (Wildman–Crippen MR) is 104 cm³/mol. The summed E-state index contributed by atoms with van der Waals surface area (Å²) in [6.07, 6.45) is 2.19. The summed E-state index contributed by atoms with van der Waals surface area (Å²) in [4.78, 5) is 27.9. The van der Waals surface area contributed by atoms with Crippen molar-refractivity contribution in [3.8, 4) is 11.5 Å². The zero-order valence-corrected chi connectivity index (χ0v) is 15.0. The quantitative estimate of drug-likeness (QED) is 0.696. The van der Waals surface area contributed by atoms with E-state index in [2.05, 4.69) is 10.3 Å². The third kappa shape index (κ3) is 3.49. The molecule has 3 aromatic rings. The Morgan fingerprint density at radius 2 is 1.70 bits per heavy atom. The summed E-state index contributed by atoms with van der Waals surface area (Å²) in [6, 6.07) is 16.7. The van der Waals surface area contributed by atoms with E-state index in [1.54, 1.807) is 24.3 Å². The lowest BCUT2D eigenvalue weighted by molar-refractivity contribution is 0.0971. The van der Waals surface area contributed by atoms with Crippen molar-refractivity contribution < 1.29 is 14.3 Å². The van der Waals surface area contributed by atoms with Crippen LogP contribution < -0.4 is 10.1 Å². The van der Waals surface area contributed by atoms with Gasteiger partial charge < -0.3 is 15.0 Å². The van der Waals surface area contributed by atoms with E-state index < -0.39 is 0 Å². The van der Waals surface area contributed by atoms with Crippen LogP contribution in [0.3, 0.4) is 0 Å². The van der Waals surface area contributed by atoms with Crippen molar-refractivity contribution in [1.82, 2.24) is 4.98 Å². The fourth-order valence-electron chi connectivity index (χ4n) is 3.43. The van der Waals surface area contributed by atoms with E-state index in [-0.39, 0.29) is 11.7 Å². The number of ether oxygens (including phenoxy) is 1. The molecule has 27 heavy (non-hydrogen) atoms. The average molecular weight is 360 g/mol. The van der Waals surface area contributed by atoms with Gasteiger partial charge in [0, 0.05) is 23.4 Å². The highest BCUT2D eigenvalue weighted by atomic mass is 16.5. The maximum Gasteiger partial charge on any atom is 0.272 e. The molecule has 1 aliphatic rings. The molecule has 1 aliphatic carbocycles. The van der Waals surface area contributed by atoms with Crippen molar-refractivity contribution in [3.05, 3.63) is 77.1 Å². The minimum Gasteiger partial charge on any atom is -0.457 e. The molecule has 4 rings (SSSR count). The van der Waals surface area contributed by atoms with Gasteiger partial charge in [-0.3, -0.25) is 9.59 Å². The number of carbonyl (C=O) groups is 2. The average Bonchev–Trinajstić information content (AvgIpc) is 3.02. The Bertz CT molecular complexity index is 988. The summed E-state index contributed by atoms with van der Waals surface area (Å²) in [7, 11) is 0. The highest BCUT2D eigenvalue weighted by molar-refractivity contribution is 6.08. The molecule has 0 aliphatic heterocycles. The van der Waals surface area contributed by atoms with E-state index in [4.69, 9.17) is 4.74 Å². The lowest BCUT2D eigenvalue weighted by Crippen LogP contribution is -2.13. The molecule has 0 unspecified atom stereocenters. The van der Waals surface area contributed by atoms with Crippen LogP contribution in [-0.4, -0.2) is 16.7 Å². The van der Waals surface area contributed by atoms with Crippen LogP contribution in [0.15, 0.2) is 54.6 Å². The van der Waals surface area contributed by atoms with Crippen LogP contribution in [0, 0.1) is 6.92 Å². The van der Waals surface area contributed by atoms with Crippen LogP contribution in [0.5, 0.6) is 11.5 Å². The fraction of sp³-hybridized carbons (Fsp3) is 0.182. The van der Waals surface area contributed by atoms with Gasteiger partial charge in [0.05, 0.1) is 0 Å². The Hall–Kier alpha value is -3.34. The van der Waals surface area contributed by atoms with Crippen molar-refractivity contribution in [2.75, 3.05) is 5.32 Å². The minimum atomic E-state index is -0.244. The summed E-state index contributed by atoms with van der Waals surface area (Å²) in [5, 5.41) is 2.88. The Morgan fingerprint density at radius 3 is 2.41 bits per heavy atom. The molecule has 1 aromatic heterocycles. The van der Waals surface area contributed by atoms with E-state index in [9.17, 15) is 9.59 Å². The first kappa shape index (κ1) is 17.1. The molecule has 136 valence electrons. The van der Waals surface area contributed by atoms with Crippen LogP contribution in [0.25, 0.3) is 0 Å². The molecule has 2 N–H and O–H groups in total. The number of carbonyl (C=O) groups excluding carboxylic acids is 2. The number of fused-ring (bicyclic) bond motifs is 1. The van der Waals surface area contributed by atoms with Gasteiger partial charge in [-0.05, 0) is 61.7 Å². The summed E-state index contributed by atoms with van der Waals surface area (Å²) in [5.41, 5.74) is 3.42. The number of rotatable bonds is 4. The normalized spacial score (nSPS) is 13.1. The maximum absolute atomic E-state index is 12.7. The van der Waals surface area contributed by atoms with Gasteiger partial charge in [0.1, 0.15) is 17.2 Å². The third-order valence-electron chi connectivity index (χ3n) is 4.76. The number of aromatic amines is 1. The molecule has 0 radical (unpaired) electrons. The second kappa shape index (κ2) is 7.11. The molecule has 5 heteroatoms. The predicted octanol–water partition coefficient (Wildman–Crippen LogP) is 4.89. The second-order valence-electron chi connectivity index (χ2n) is 6.65.